The Balaban J connectivity index is 1.87. The Kier molecular flexibility index (Phi) is 6.89. The molecule has 1 N–H and O–H groups in total. The fourth-order valence-electron chi connectivity index (χ4n) is 2.61. The van der Waals surface area contributed by atoms with Gasteiger partial charge in [0.05, 0.1) is 14.2 Å². The molecule has 1 atom stereocenters. The van der Waals surface area contributed by atoms with Crippen LogP contribution in [0.3, 0.4) is 0 Å². The highest BCUT2D eigenvalue weighted by Gasteiger charge is 2.15. The third-order valence-corrected chi connectivity index (χ3v) is 4.39. The summed E-state index contributed by atoms with van der Waals surface area (Å²) >= 11 is 0. The molecular formula is C21H27NO4. The molecule has 5 nitrogen and oxygen atoms in total. The molecule has 2 aromatic rings. The Morgan fingerprint density at radius 1 is 1.04 bits per heavy atom. The topological polar surface area (TPSA) is 56.8 Å². The molecule has 0 saturated heterocycles. The Bertz CT molecular complexity index is 758. The molecule has 140 valence electrons. The summed E-state index contributed by atoms with van der Waals surface area (Å²) in [6.07, 6.45) is 0.142. The van der Waals surface area contributed by atoms with Crippen LogP contribution in [0.15, 0.2) is 36.4 Å². The second-order valence-corrected chi connectivity index (χ2v) is 6.19. The van der Waals surface area contributed by atoms with Crippen LogP contribution in [0.2, 0.25) is 0 Å². The number of aryl methyl sites for hydroxylation is 1. The highest BCUT2D eigenvalue weighted by atomic mass is 16.5. The zero-order valence-electron chi connectivity index (χ0n) is 16.1. The molecule has 26 heavy (non-hydrogen) atoms. The van der Waals surface area contributed by atoms with Crippen molar-refractivity contribution < 1.29 is 19.0 Å². The van der Waals surface area contributed by atoms with Crippen LogP contribution in [0.5, 0.6) is 17.2 Å². The minimum Gasteiger partial charge on any atom is -0.493 e. The van der Waals surface area contributed by atoms with Crippen molar-refractivity contribution in [3.63, 3.8) is 0 Å². The first-order valence-corrected chi connectivity index (χ1v) is 8.67. The van der Waals surface area contributed by atoms with E-state index in [1.165, 1.54) is 0 Å². The number of methoxy groups -OCH3 is 2. The summed E-state index contributed by atoms with van der Waals surface area (Å²) < 4.78 is 16.3. The Morgan fingerprint density at radius 3 is 2.46 bits per heavy atom. The zero-order valence-corrected chi connectivity index (χ0v) is 16.1. The summed E-state index contributed by atoms with van der Waals surface area (Å²) in [5, 5.41) is 2.92. The van der Waals surface area contributed by atoms with Crippen LogP contribution in [0.25, 0.3) is 0 Å². The van der Waals surface area contributed by atoms with Crippen LogP contribution < -0.4 is 19.5 Å². The maximum absolute atomic E-state index is 12.3. The van der Waals surface area contributed by atoms with Gasteiger partial charge >= 0.3 is 0 Å². The highest BCUT2D eigenvalue weighted by Crippen LogP contribution is 2.27. The van der Waals surface area contributed by atoms with Gasteiger partial charge in [-0.3, -0.25) is 4.79 Å². The van der Waals surface area contributed by atoms with Crippen molar-refractivity contribution in [3.05, 3.63) is 53.1 Å². The van der Waals surface area contributed by atoms with Gasteiger partial charge in [-0.1, -0.05) is 18.2 Å². The van der Waals surface area contributed by atoms with Crippen LogP contribution in [-0.4, -0.2) is 32.8 Å². The number of benzene rings is 2. The van der Waals surface area contributed by atoms with Crippen molar-refractivity contribution in [1.82, 2.24) is 5.32 Å². The highest BCUT2D eigenvalue weighted by molar-refractivity contribution is 5.80. The number of rotatable bonds is 8. The van der Waals surface area contributed by atoms with Gasteiger partial charge in [-0.05, 0) is 62.1 Å². The van der Waals surface area contributed by atoms with Crippen LogP contribution >= 0.6 is 0 Å². The fraction of sp³-hybridized carbons (Fsp3) is 0.381. The summed E-state index contributed by atoms with van der Waals surface area (Å²) in [5.74, 6) is 1.98. The standard InChI is InChI=1S/C21H27NO4/c1-14-7-6-8-18(15(14)2)26-16(3)21(23)22-12-11-17-9-10-19(24-4)20(13-17)25-5/h6-10,13,16H,11-12H2,1-5H3,(H,22,23)/t16-/m1/s1. The molecule has 0 spiro atoms. The second-order valence-electron chi connectivity index (χ2n) is 6.19. The van der Waals surface area contributed by atoms with Gasteiger partial charge < -0.3 is 19.5 Å². The van der Waals surface area contributed by atoms with Gasteiger partial charge in [-0.15, -0.1) is 0 Å². The number of carbonyl (C=O) groups excluding carboxylic acids is 1. The molecule has 0 saturated carbocycles. The van der Waals surface area contributed by atoms with Crippen molar-refractivity contribution in [2.24, 2.45) is 0 Å². The molecule has 0 bridgehead atoms. The normalized spacial score (nSPS) is 11.6. The second kappa shape index (κ2) is 9.13. The third kappa shape index (κ3) is 4.91. The number of hydrogen-bond donors (Lipinski definition) is 1. The van der Waals surface area contributed by atoms with E-state index >= 15 is 0 Å². The Labute approximate surface area is 155 Å². The predicted molar refractivity (Wildman–Crippen MR) is 102 cm³/mol. The lowest BCUT2D eigenvalue weighted by molar-refractivity contribution is -0.127. The lowest BCUT2D eigenvalue weighted by atomic mass is 10.1. The number of amides is 1. The van der Waals surface area contributed by atoms with Crippen LogP contribution in [0.4, 0.5) is 0 Å². The van der Waals surface area contributed by atoms with Gasteiger partial charge in [0, 0.05) is 6.54 Å². The predicted octanol–water partition coefficient (Wildman–Crippen LogP) is 3.45. The van der Waals surface area contributed by atoms with E-state index in [1.807, 2.05) is 50.2 Å². The SMILES string of the molecule is COc1ccc(CCNC(=O)[C@@H](C)Oc2cccc(C)c2C)cc1OC. The van der Waals surface area contributed by atoms with Gasteiger partial charge in [0.25, 0.3) is 5.91 Å². The van der Waals surface area contributed by atoms with Crippen LogP contribution in [0, 0.1) is 13.8 Å². The number of nitrogens with one attached hydrogen (secondary N) is 1. The lowest BCUT2D eigenvalue weighted by Crippen LogP contribution is -2.37. The summed E-state index contributed by atoms with van der Waals surface area (Å²) in [5.41, 5.74) is 3.26. The van der Waals surface area contributed by atoms with E-state index in [-0.39, 0.29) is 5.91 Å². The van der Waals surface area contributed by atoms with Crippen molar-refractivity contribution in [1.29, 1.82) is 0 Å². The lowest BCUT2D eigenvalue weighted by Gasteiger charge is -2.17. The number of carbonyl (C=O) groups is 1. The summed E-state index contributed by atoms with van der Waals surface area (Å²) in [6.45, 7) is 6.30. The van der Waals surface area contributed by atoms with E-state index in [0.717, 1.165) is 22.4 Å². The van der Waals surface area contributed by atoms with Gasteiger partial charge in [0.1, 0.15) is 5.75 Å². The molecule has 0 aliphatic carbocycles. The Hall–Kier alpha value is -2.69. The quantitative estimate of drug-likeness (QED) is 0.786. The molecule has 1 amide bonds. The zero-order chi connectivity index (χ0) is 19.1. The van der Waals surface area contributed by atoms with E-state index in [0.29, 0.717) is 24.5 Å². The van der Waals surface area contributed by atoms with Gasteiger partial charge in [-0.2, -0.15) is 0 Å². The maximum Gasteiger partial charge on any atom is 0.260 e. The van der Waals surface area contributed by atoms with E-state index < -0.39 is 6.10 Å². The van der Waals surface area contributed by atoms with Crippen molar-refractivity contribution in [2.75, 3.05) is 20.8 Å². The van der Waals surface area contributed by atoms with E-state index in [4.69, 9.17) is 14.2 Å². The first-order chi connectivity index (χ1) is 12.5. The smallest absolute Gasteiger partial charge is 0.260 e. The monoisotopic (exact) mass is 357 g/mol. The average molecular weight is 357 g/mol. The minimum absolute atomic E-state index is 0.133. The molecule has 0 aliphatic heterocycles. The largest absolute Gasteiger partial charge is 0.493 e. The molecule has 2 aromatic carbocycles. The molecule has 2 rings (SSSR count). The third-order valence-electron chi connectivity index (χ3n) is 4.39. The molecule has 0 fully saturated rings. The van der Waals surface area contributed by atoms with Gasteiger partial charge in [0.2, 0.25) is 0 Å². The molecule has 0 aromatic heterocycles. The van der Waals surface area contributed by atoms with E-state index in [1.54, 1.807) is 21.1 Å². The molecule has 0 radical (unpaired) electrons. The fourth-order valence-corrected chi connectivity index (χ4v) is 2.61. The molecular weight excluding hydrogens is 330 g/mol. The molecule has 0 heterocycles. The molecule has 0 aliphatic rings. The van der Waals surface area contributed by atoms with Crippen molar-refractivity contribution >= 4 is 5.91 Å². The molecule has 5 heteroatoms. The van der Waals surface area contributed by atoms with Crippen molar-refractivity contribution in [3.8, 4) is 17.2 Å². The summed E-state index contributed by atoms with van der Waals surface area (Å²) in [4.78, 5) is 12.3. The average Bonchev–Trinajstić information content (AvgIpc) is 2.65. The molecule has 0 unspecified atom stereocenters. The van der Waals surface area contributed by atoms with Crippen molar-refractivity contribution in [2.45, 2.75) is 33.3 Å². The number of hydrogen-bond acceptors (Lipinski definition) is 4. The first kappa shape index (κ1) is 19.6. The van der Waals surface area contributed by atoms with Crippen LogP contribution in [0.1, 0.15) is 23.6 Å². The summed E-state index contributed by atoms with van der Waals surface area (Å²) in [7, 11) is 3.21. The van der Waals surface area contributed by atoms with Gasteiger partial charge in [0.15, 0.2) is 17.6 Å². The Morgan fingerprint density at radius 2 is 1.77 bits per heavy atom. The minimum atomic E-state index is -0.555. The van der Waals surface area contributed by atoms with Crippen LogP contribution in [-0.2, 0) is 11.2 Å². The van der Waals surface area contributed by atoms with Gasteiger partial charge in [-0.25, -0.2) is 0 Å². The van der Waals surface area contributed by atoms with E-state index in [9.17, 15) is 4.79 Å². The maximum atomic E-state index is 12.3. The number of ether oxygens (including phenoxy) is 3. The van der Waals surface area contributed by atoms with E-state index in [2.05, 4.69) is 5.32 Å². The summed E-state index contributed by atoms with van der Waals surface area (Å²) in [6, 6.07) is 11.6. The first-order valence-electron chi connectivity index (χ1n) is 8.67.